The highest BCUT2D eigenvalue weighted by molar-refractivity contribution is 6.03. The zero-order valence-corrected chi connectivity index (χ0v) is 37.2. The fraction of sp³-hybridized carbons (Fsp3) is 0.412. The van der Waals surface area contributed by atoms with Gasteiger partial charge in [-0.25, -0.2) is 9.18 Å². The maximum absolute atomic E-state index is 14.8. The molecule has 350 valence electrons. The lowest BCUT2D eigenvalue weighted by Gasteiger charge is -2.59. The molecule has 2 N–H and O–H groups in total. The molecule has 15 heteroatoms. The number of carbonyl (C=O) groups excluding carboxylic acids is 1. The van der Waals surface area contributed by atoms with E-state index in [-0.39, 0.29) is 75.2 Å². The number of nitro groups is 1. The number of hydrogen-bond acceptors (Lipinski definition) is 12. The van der Waals surface area contributed by atoms with E-state index in [1.54, 1.807) is 47.4 Å². The molecule has 2 aliphatic carbocycles. The van der Waals surface area contributed by atoms with Gasteiger partial charge in [0.2, 0.25) is 5.79 Å². The number of rotatable bonds is 23. The van der Waals surface area contributed by atoms with Gasteiger partial charge in [0, 0.05) is 43.7 Å². The molecule has 4 aromatic carbocycles. The van der Waals surface area contributed by atoms with E-state index >= 15 is 0 Å². The fourth-order valence-electron chi connectivity index (χ4n) is 9.74. The molecule has 0 radical (unpaired) electrons. The summed E-state index contributed by atoms with van der Waals surface area (Å²) in [5.41, 5.74) is 3.70. The van der Waals surface area contributed by atoms with E-state index in [1.807, 2.05) is 36.4 Å². The van der Waals surface area contributed by atoms with Gasteiger partial charge in [0.25, 0.3) is 5.69 Å². The summed E-state index contributed by atoms with van der Waals surface area (Å²) in [6.45, 7) is 4.49. The smallest absolute Gasteiger partial charge is 0.410 e. The van der Waals surface area contributed by atoms with Crippen LogP contribution in [0, 0.1) is 33.7 Å². The highest BCUT2D eigenvalue weighted by atomic mass is 19.1. The Balaban J connectivity index is 1.36. The average molecular weight is 908 g/mol. The van der Waals surface area contributed by atoms with Crippen LogP contribution in [-0.2, 0) is 32.2 Å². The SMILES string of the molecule is C=CCOC12Oc3ccc(Oc4cccc([N+](=O)[O-])c4)cc3C3C(CCCCO)C(CCCCO)C=C(C(=NOC)CC1N(Cc1ccc(F)cc1)C(=O)OCCOCc1ccccc1)C32. The van der Waals surface area contributed by atoms with E-state index in [1.165, 1.54) is 31.4 Å². The second kappa shape index (κ2) is 22.9. The maximum Gasteiger partial charge on any atom is 0.410 e. The van der Waals surface area contributed by atoms with Gasteiger partial charge in [-0.1, -0.05) is 78.7 Å². The molecule has 7 rings (SSSR count). The van der Waals surface area contributed by atoms with Crippen LogP contribution in [0.1, 0.15) is 67.6 Å². The minimum absolute atomic E-state index is 0.0134. The second-order valence-corrected chi connectivity index (χ2v) is 16.7. The number of oxime groups is 1. The number of carbonyl (C=O) groups is 1. The molecule has 1 fully saturated rings. The number of unbranched alkanes of at least 4 members (excludes halogenated alkanes) is 2. The second-order valence-electron chi connectivity index (χ2n) is 16.7. The lowest BCUT2D eigenvalue weighted by atomic mass is 9.55. The molecule has 0 saturated heterocycles. The van der Waals surface area contributed by atoms with E-state index in [4.69, 9.17) is 28.5 Å². The molecule has 1 amide bonds. The molecule has 14 nitrogen and oxygen atoms in total. The summed E-state index contributed by atoms with van der Waals surface area (Å²) in [4.78, 5) is 33.1. The van der Waals surface area contributed by atoms with Crippen LogP contribution >= 0.6 is 0 Å². The van der Waals surface area contributed by atoms with Gasteiger partial charge in [0.1, 0.15) is 42.8 Å². The minimum Gasteiger partial charge on any atom is -0.459 e. The van der Waals surface area contributed by atoms with Crippen molar-refractivity contribution in [1.29, 1.82) is 0 Å². The number of nitrogens with zero attached hydrogens (tertiary/aromatic N) is 3. The molecule has 1 heterocycles. The zero-order chi connectivity index (χ0) is 46.5. The van der Waals surface area contributed by atoms with Crippen LogP contribution in [0.4, 0.5) is 14.9 Å². The maximum atomic E-state index is 14.8. The number of fused-ring (bicyclic) bond motifs is 2. The normalized spacial score (nSPS) is 22.3. The Hall–Kier alpha value is -6.13. The Morgan fingerprint density at radius 3 is 2.44 bits per heavy atom. The predicted molar refractivity (Wildman–Crippen MR) is 245 cm³/mol. The molecular formula is C51H58FN3O11. The van der Waals surface area contributed by atoms with E-state index in [0.29, 0.717) is 55.1 Å². The Morgan fingerprint density at radius 2 is 1.71 bits per heavy atom. The molecule has 3 aliphatic rings. The quantitative estimate of drug-likeness (QED) is 0.0314. The van der Waals surface area contributed by atoms with Crippen molar-refractivity contribution < 1.29 is 52.8 Å². The third-order valence-corrected chi connectivity index (χ3v) is 12.6. The summed E-state index contributed by atoms with van der Waals surface area (Å²) >= 11 is 0. The minimum atomic E-state index is -1.60. The van der Waals surface area contributed by atoms with Crippen molar-refractivity contribution in [2.45, 2.75) is 75.8 Å². The standard InChI is InChI=1S/C51H58FN3O11/c1-3-26-64-51-47(54(33-35-18-20-38(52)21-19-35)50(58)63-28-27-62-34-36-12-5-4-6-13-36)32-45(53-61-2)43-29-37(14-7-9-24-56)42(17-8-10-25-57)48(49(43)51)44-31-41(22-23-46(44)66-51)65-40-16-11-15-39(30-40)55(59)60/h3-6,11-13,15-16,18-23,29-31,37,42,47-49,56-57H,1,7-10,14,17,24-28,32-34H2,2H3. The lowest BCUT2D eigenvalue weighted by Crippen LogP contribution is -2.70. The number of ether oxygens (including phenoxy) is 5. The molecule has 6 unspecified atom stereocenters. The first-order chi connectivity index (χ1) is 32.2. The van der Waals surface area contributed by atoms with Crippen molar-refractivity contribution in [3.05, 3.63) is 154 Å². The van der Waals surface area contributed by atoms with Crippen molar-refractivity contribution >= 4 is 17.5 Å². The average Bonchev–Trinajstić information content (AvgIpc) is 3.32. The predicted octanol–water partition coefficient (Wildman–Crippen LogP) is 9.65. The zero-order valence-electron chi connectivity index (χ0n) is 37.2. The molecule has 6 atom stereocenters. The number of aliphatic hydroxyl groups excluding tert-OH is 2. The number of non-ortho nitro benzene ring substituents is 1. The van der Waals surface area contributed by atoms with Crippen molar-refractivity contribution in [2.75, 3.05) is 40.1 Å². The van der Waals surface area contributed by atoms with E-state index in [2.05, 4.69) is 17.8 Å². The largest absolute Gasteiger partial charge is 0.459 e. The highest BCUT2D eigenvalue weighted by Gasteiger charge is 2.65. The van der Waals surface area contributed by atoms with Crippen LogP contribution in [0.2, 0.25) is 0 Å². The Kier molecular flexibility index (Phi) is 16.6. The van der Waals surface area contributed by atoms with Crippen molar-refractivity contribution in [1.82, 2.24) is 4.90 Å². The van der Waals surface area contributed by atoms with Crippen LogP contribution in [0.15, 0.2) is 127 Å². The number of nitro benzene ring substituents is 1. The van der Waals surface area contributed by atoms with E-state index < -0.39 is 34.6 Å². The summed E-state index contributed by atoms with van der Waals surface area (Å²) in [5, 5.41) is 36.1. The van der Waals surface area contributed by atoms with Crippen LogP contribution < -0.4 is 9.47 Å². The van der Waals surface area contributed by atoms with Gasteiger partial charge < -0.3 is 38.7 Å². The van der Waals surface area contributed by atoms with Gasteiger partial charge in [0.05, 0.1) is 42.4 Å². The van der Waals surface area contributed by atoms with Gasteiger partial charge in [0.15, 0.2) is 0 Å². The van der Waals surface area contributed by atoms with Crippen molar-refractivity contribution in [2.24, 2.45) is 22.9 Å². The summed E-state index contributed by atoms with van der Waals surface area (Å²) in [6, 6.07) is 26.1. The number of aliphatic hydroxyl groups is 2. The highest BCUT2D eigenvalue weighted by Crippen LogP contribution is 2.62. The van der Waals surface area contributed by atoms with E-state index in [0.717, 1.165) is 29.5 Å². The van der Waals surface area contributed by atoms with Crippen LogP contribution in [0.25, 0.3) is 0 Å². The number of allylic oxidation sites excluding steroid dienone is 1. The van der Waals surface area contributed by atoms with Gasteiger partial charge in [-0.3, -0.25) is 15.0 Å². The molecule has 1 aliphatic heterocycles. The third kappa shape index (κ3) is 11.1. The topological polar surface area (TPSA) is 172 Å². The van der Waals surface area contributed by atoms with Gasteiger partial charge in [-0.2, -0.15) is 0 Å². The lowest BCUT2D eigenvalue weighted by molar-refractivity contribution is -0.384. The number of benzene rings is 4. The first-order valence-corrected chi connectivity index (χ1v) is 22.5. The molecule has 0 bridgehead atoms. The molecule has 4 aromatic rings. The number of amides is 1. The van der Waals surface area contributed by atoms with E-state index in [9.17, 15) is 29.5 Å². The molecule has 0 spiro atoms. The summed E-state index contributed by atoms with van der Waals surface area (Å²) < 4.78 is 46.8. The Bertz CT molecular complexity index is 2330. The summed E-state index contributed by atoms with van der Waals surface area (Å²) in [6.07, 6.45) is 7.40. The van der Waals surface area contributed by atoms with Crippen LogP contribution in [0.5, 0.6) is 17.2 Å². The van der Waals surface area contributed by atoms with Gasteiger partial charge in [-0.15, -0.1) is 6.58 Å². The Morgan fingerprint density at radius 1 is 0.955 bits per heavy atom. The summed E-state index contributed by atoms with van der Waals surface area (Å²) in [5.74, 6) is -1.93. The number of hydrogen-bond donors (Lipinski definition) is 2. The molecule has 66 heavy (non-hydrogen) atoms. The van der Waals surface area contributed by atoms with Gasteiger partial charge >= 0.3 is 6.09 Å². The van der Waals surface area contributed by atoms with Gasteiger partial charge in [-0.05, 0) is 90.6 Å². The summed E-state index contributed by atoms with van der Waals surface area (Å²) in [7, 11) is 1.47. The van der Waals surface area contributed by atoms with Crippen molar-refractivity contribution in [3.63, 3.8) is 0 Å². The monoisotopic (exact) mass is 907 g/mol. The molecule has 0 aromatic heterocycles. The van der Waals surface area contributed by atoms with Crippen molar-refractivity contribution in [3.8, 4) is 17.2 Å². The molecule has 1 saturated carbocycles. The Labute approximate surface area is 384 Å². The molecular weight excluding hydrogens is 850 g/mol. The first-order valence-electron chi connectivity index (χ1n) is 22.5. The first kappa shape index (κ1) is 47.8. The van der Waals surface area contributed by atoms with Crippen LogP contribution in [-0.4, -0.2) is 83.8 Å². The van der Waals surface area contributed by atoms with Crippen LogP contribution in [0.3, 0.4) is 0 Å². The third-order valence-electron chi connectivity index (χ3n) is 12.6. The number of halogens is 1. The fourth-order valence-corrected chi connectivity index (χ4v) is 9.74.